The van der Waals surface area contributed by atoms with Gasteiger partial charge in [0.1, 0.15) is 0 Å². The van der Waals surface area contributed by atoms with Gasteiger partial charge in [0.25, 0.3) is 11.6 Å². The van der Waals surface area contributed by atoms with Crippen molar-refractivity contribution in [2.75, 3.05) is 27.2 Å². The zero-order valence-corrected chi connectivity index (χ0v) is 11.5. The zero-order chi connectivity index (χ0) is 14.4. The molecule has 0 atom stereocenters. The first-order valence-corrected chi connectivity index (χ1v) is 6.24. The molecule has 1 rings (SSSR count). The van der Waals surface area contributed by atoms with Crippen molar-refractivity contribution in [2.45, 2.75) is 13.3 Å². The molecule has 0 saturated carbocycles. The van der Waals surface area contributed by atoms with E-state index >= 15 is 0 Å². The fourth-order valence-electron chi connectivity index (χ4n) is 1.81. The van der Waals surface area contributed by atoms with E-state index in [1.54, 1.807) is 13.0 Å². The van der Waals surface area contributed by atoms with Crippen LogP contribution < -0.4 is 10.2 Å². The molecule has 0 heterocycles. The summed E-state index contributed by atoms with van der Waals surface area (Å²) in [6.45, 7) is 3.14. The van der Waals surface area contributed by atoms with Gasteiger partial charge in [-0.2, -0.15) is 0 Å². The predicted molar refractivity (Wildman–Crippen MR) is 72.5 cm³/mol. The lowest BCUT2D eigenvalue weighted by molar-refractivity contribution is -0.858. The van der Waals surface area contributed by atoms with Gasteiger partial charge < -0.3 is 10.2 Å². The van der Waals surface area contributed by atoms with Crippen LogP contribution in [0.4, 0.5) is 5.69 Å². The van der Waals surface area contributed by atoms with Gasteiger partial charge in [-0.25, -0.2) is 0 Å². The lowest BCUT2D eigenvalue weighted by atomic mass is 10.1. The van der Waals surface area contributed by atoms with Gasteiger partial charge in [-0.1, -0.05) is 6.07 Å². The van der Waals surface area contributed by atoms with Gasteiger partial charge in [-0.15, -0.1) is 0 Å². The Hall–Kier alpha value is -1.95. The van der Waals surface area contributed by atoms with E-state index in [4.69, 9.17) is 0 Å². The molecule has 6 nitrogen and oxygen atoms in total. The van der Waals surface area contributed by atoms with Crippen molar-refractivity contribution < 1.29 is 14.6 Å². The topological polar surface area (TPSA) is 76.7 Å². The molecule has 1 aromatic rings. The van der Waals surface area contributed by atoms with Crippen LogP contribution in [0, 0.1) is 17.0 Å². The fraction of sp³-hybridized carbons (Fsp3) is 0.462. The molecule has 1 amide bonds. The standard InChI is InChI=1S/C13H19N3O3/c1-10-11(6-4-7-12(10)16(18)19)13(17)14-8-5-9-15(2)3/h4,6-7H,5,8-9H2,1-3H3,(H,14,17)/p+1. The summed E-state index contributed by atoms with van der Waals surface area (Å²) in [5, 5.41) is 13.6. The molecule has 0 aliphatic heterocycles. The maximum Gasteiger partial charge on any atom is 0.273 e. The highest BCUT2D eigenvalue weighted by Crippen LogP contribution is 2.20. The molecule has 0 saturated heterocycles. The number of carbonyl (C=O) groups excluding carboxylic acids is 1. The van der Waals surface area contributed by atoms with Gasteiger partial charge in [-0.05, 0) is 13.0 Å². The first kappa shape index (κ1) is 15.1. The highest BCUT2D eigenvalue weighted by molar-refractivity contribution is 5.96. The first-order chi connectivity index (χ1) is 8.93. The maximum absolute atomic E-state index is 11.9. The van der Waals surface area contributed by atoms with Crippen molar-refractivity contribution in [2.24, 2.45) is 0 Å². The van der Waals surface area contributed by atoms with Gasteiger partial charge >= 0.3 is 0 Å². The molecule has 104 valence electrons. The predicted octanol–water partition coefficient (Wildman–Crippen LogP) is 0.168. The molecule has 0 radical (unpaired) electrons. The zero-order valence-electron chi connectivity index (χ0n) is 11.5. The van der Waals surface area contributed by atoms with Gasteiger partial charge in [0.2, 0.25) is 0 Å². The Kier molecular flexibility index (Phi) is 5.44. The van der Waals surface area contributed by atoms with Gasteiger partial charge in [-0.3, -0.25) is 14.9 Å². The third kappa shape index (κ3) is 4.33. The van der Waals surface area contributed by atoms with Crippen LogP contribution in [0.1, 0.15) is 22.3 Å². The van der Waals surface area contributed by atoms with E-state index in [1.165, 1.54) is 17.0 Å². The second-order valence-corrected chi connectivity index (χ2v) is 4.77. The van der Waals surface area contributed by atoms with Crippen molar-refractivity contribution in [1.29, 1.82) is 0 Å². The lowest BCUT2D eigenvalue weighted by Crippen LogP contribution is -3.05. The Bertz CT molecular complexity index is 472. The molecular weight excluding hydrogens is 246 g/mol. The summed E-state index contributed by atoms with van der Waals surface area (Å²) in [5.41, 5.74) is 0.750. The third-order valence-corrected chi connectivity index (χ3v) is 2.89. The Morgan fingerprint density at radius 3 is 2.68 bits per heavy atom. The van der Waals surface area contributed by atoms with Crippen molar-refractivity contribution >= 4 is 11.6 Å². The number of nitrogens with zero attached hydrogens (tertiary/aromatic N) is 1. The molecule has 0 fully saturated rings. The number of carbonyl (C=O) groups is 1. The number of hydrogen-bond donors (Lipinski definition) is 2. The van der Waals surface area contributed by atoms with E-state index in [1.807, 2.05) is 14.1 Å². The molecule has 0 unspecified atom stereocenters. The molecule has 0 aliphatic carbocycles. The van der Waals surface area contributed by atoms with Crippen molar-refractivity contribution in [3.05, 3.63) is 39.4 Å². The van der Waals surface area contributed by atoms with E-state index in [0.29, 0.717) is 17.7 Å². The Balaban J connectivity index is 2.67. The van der Waals surface area contributed by atoms with Crippen molar-refractivity contribution in [3.63, 3.8) is 0 Å². The molecule has 0 aliphatic rings. The van der Waals surface area contributed by atoms with Gasteiger partial charge in [0.05, 0.1) is 25.6 Å². The Labute approximate surface area is 112 Å². The fourth-order valence-corrected chi connectivity index (χ4v) is 1.81. The van der Waals surface area contributed by atoms with E-state index in [-0.39, 0.29) is 11.6 Å². The number of rotatable bonds is 6. The van der Waals surface area contributed by atoms with Crippen LogP contribution in [0.2, 0.25) is 0 Å². The number of hydrogen-bond acceptors (Lipinski definition) is 3. The molecule has 2 N–H and O–H groups in total. The smallest absolute Gasteiger partial charge is 0.273 e. The summed E-state index contributed by atoms with van der Waals surface area (Å²) in [4.78, 5) is 23.6. The summed E-state index contributed by atoms with van der Waals surface area (Å²) in [5.74, 6) is -0.255. The second kappa shape index (κ2) is 6.84. The van der Waals surface area contributed by atoms with Crippen LogP contribution in [-0.4, -0.2) is 38.0 Å². The lowest BCUT2D eigenvalue weighted by Gasteiger charge is -2.09. The summed E-state index contributed by atoms with van der Waals surface area (Å²) in [6, 6.07) is 4.54. The number of quaternary nitrogens is 1. The summed E-state index contributed by atoms with van der Waals surface area (Å²) < 4.78 is 0. The number of nitro groups is 1. The van der Waals surface area contributed by atoms with Gasteiger partial charge in [0.15, 0.2) is 0 Å². The molecule has 0 spiro atoms. The summed E-state index contributed by atoms with van der Waals surface area (Å²) in [6.07, 6.45) is 0.877. The van der Waals surface area contributed by atoms with Crippen LogP contribution in [-0.2, 0) is 0 Å². The van der Waals surface area contributed by atoms with Crippen LogP contribution >= 0.6 is 0 Å². The van der Waals surface area contributed by atoms with Crippen LogP contribution in [0.3, 0.4) is 0 Å². The molecule has 0 aromatic heterocycles. The third-order valence-electron chi connectivity index (χ3n) is 2.89. The molecule has 0 bridgehead atoms. The van der Waals surface area contributed by atoms with Crippen LogP contribution in [0.25, 0.3) is 0 Å². The minimum absolute atomic E-state index is 0.0228. The summed E-state index contributed by atoms with van der Waals surface area (Å²) >= 11 is 0. The summed E-state index contributed by atoms with van der Waals surface area (Å²) in [7, 11) is 4.10. The first-order valence-electron chi connectivity index (χ1n) is 6.24. The van der Waals surface area contributed by atoms with E-state index in [2.05, 4.69) is 5.32 Å². The SMILES string of the molecule is Cc1c(C(=O)NCCC[NH+](C)C)cccc1[N+](=O)[O-]. The minimum Gasteiger partial charge on any atom is -0.352 e. The number of nitro benzene ring substituents is 1. The van der Waals surface area contributed by atoms with Crippen molar-refractivity contribution in [1.82, 2.24) is 5.32 Å². The van der Waals surface area contributed by atoms with E-state index in [0.717, 1.165) is 13.0 Å². The number of nitrogens with one attached hydrogen (secondary N) is 2. The highest BCUT2D eigenvalue weighted by Gasteiger charge is 2.17. The van der Waals surface area contributed by atoms with Gasteiger partial charge in [0, 0.05) is 30.2 Å². The maximum atomic E-state index is 11.9. The number of amides is 1. The quantitative estimate of drug-likeness (QED) is 0.438. The number of benzene rings is 1. The molecule has 19 heavy (non-hydrogen) atoms. The Morgan fingerprint density at radius 2 is 2.11 bits per heavy atom. The van der Waals surface area contributed by atoms with Crippen LogP contribution in [0.15, 0.2) is 18.2 Å². The van der Waals surface area contributed by atoms with E-state index < -0.39 is 4.92 Å². The normalized spacial score (nSPS) is 10.5. The monoisotopic (exact) mass is 266 g/mol. The largest absolute Gasteiger partial charge is 0.352 e. The highest BCUT2D eigenvalue weighted by atomic mass is 16.6. The average molecular weight is 266 g/mol. The molecular formula is C13H20N3O3+. The Morgan fingerprint density at radius 1 is 1.42 bits per heavy atom. The average Bonchev–Trinajstić information content (AvgIpc) is 2.34. The minimum atomic E-state index is -0.471. The van der Waals surface area contributed by atoms with Crippen molar-refractivity contribution in [3.8, 4) is 0 Å². The second-order valence-electron chi connectivity index (χ2n) is 4.77. The van der Waals surface area contributed by atoms with E-state index in [9.17, 15) is 14.9 Å². The molecule has 6 heteroatoms. The van der Waals surface area contributed by atoms with Crippen LogP contribution in [0.5, 0.6) is 0 Å². The molecule has 1 aromatic carbocycles.